The molecule has 0 aliphatic heterocycles. The first-order chi connectivity index (χ1) is 20.0. The lowest BCUT2D eigenvalue weighted by atomic mass is 9.82. The van der Waals surface area contributed by atoms with Crippen LogP contribution < -0.4 is 9.64 Å². The van der Waals surface area contributed by atoms with E-state index < -0.39 is 60.3 Å². The zero-order chi connectivity index (χ0) is 31.8. The SMILES string of the molecule is COc1ccccc1C1=C(CN(Cc2cc(C(F)(F)F)cc(C(F)(F)F)c2)c2nnn(C)n2)CC(OC)(C(F)(F)F)C=C1. The van der Waals surface area contributed by atoms with Gasteiger partial charge in [0.25, 0.3) is 5.95 Å². The van der Waals surface area contributed by atoms with E-state index in [0.717, 1.165) is 22.9 Å². The van der Waals surface area contributed by atoms with Gasteiger partial charge in [0.15, 0.2) is 5.60 Å². The van der Waals surface area contributed by atoms with Crippen molar-refractivity contribution in [2.24, 2.45) is 7.05 Å². The number of benzene rings is 2. The highest BCUT2D eigenvalue weighted by Crippen LogP contribution is 2.46. The minimum Gasteiger partial charge on any atom is -0.496 e. The molecule has 7 nitrogen and oxygen atoms in total. The van der Waals surface area contributed by atoms with Crippen LogP contribution in [0.25, 0.3) is 5.57 Å². The lowest BCUT2D eigenvalue weighted by molar-refractivity contribution is -0.249. The van der Waals surface area contributed by atoms with Crippen molar-refractivity contribution in [3.05, 3.63) is 82.4 Å². The Hall–Kier alpha value is -4.08. The van der Waals surface area contributed by atoms with Crippen molar-refractivity contribution in [1.82, 2.24) is 20.2 Å². The van der Waals surface area contributed by atoms with Crippen LogP contribution in [0.3, 0.4) is 0 Å². The standard InChI is InChI=1S/C27H24F9N5O2/c1-40-38-23(37-39-40)41(14-16-10-18(25(28,29)30)12-19(11-16)26(31,32)33)15-17-13-24(43-3,27(34,35)36)9-8-20(17)21-6-4-5-7-22(21)42-2/h4-12H,13-15H2,1-3H3. The number of halogens is 9. The third kappa shape index (κ3) is 6.78. The zero-order valence-electron chi connectivity index (χ0n) is 22.8. The van der Waals surface area contributed by atoms with Crippen molar-refractivity contribution < 1.29 is 49.0 Å². The summed E-state index contributed by atoms with van der Waals surface area (Å²) in [5.41, 5.74) is -5.55. The van der Waals surface area contributed by atoms with E-state index in [-0.39, 0.29) is 23.2 Å². The Bertz CT molecular complexity index is 1490. The second-order valence-electron chi connectivity index (χ2n) is 9.67. The summed E-state index contributed by atoms with van der Waals surface area (Å²) >= 11 is 0. The van der Waals surface area contributed by atoms with E-state index in [1.165, 1.54) is 20.2 Å². The molecule has 1 aliphatic carbocycles. The quantitative estimate of drug-likeness (QED) is 0.264. The molecule has 0 fully saturated rings. The molecule has 43 heavy (non-hydrogen) atoms. The van der Waals surface area contributed by atoms with Gasteiger partial charge in [0.05, 0.1) is 25.3 Å². The predicted octanol–water partition coefficient (Wildman–Crippen LogP) is 6.62. The molecule has 4 rings (SSSR count). The Labute approximate surface area is 239 Å². The number of aryl methyl sites for hydroxylation is 1. The van der Waals surface area contributed by atoms with Crippen molar-refractivity contribution in [3.8, 4) is 5.75 Å². The molecule has 0 spiro atoms. The van der Waals surface area contributed by atoms with Crippen LogP contribution in [0.15, 0.2) is 60.2 Å². The fourth-order valence-corrected chi connectivity index (χ4v) is 4.71. The third-order valence-electron chi connectivity index (χ3n) is 6.80. The Kier molecular flexibility index (Phi) is 8.55. The number of allylic oxidation sites excluding steroid dienone is 2. The summed E-state index contributed by atoms with van der Waals surface area (Å²) in [4.78, 5) is 2.13. The Balaban J connectivity index is 1.88. The summed E-state index contributed by atoms with van der Waals surface area (Å²) in [5, 5.41) is 11.5. The summed E-state index contributed by atoms with van der Waals surface area (Å²) < 4.78 is 134. The largest absolute Gasteiger partial charge is 0.496 e. The number of methoxy groups -OCH3 is 2. The molecular formula is C27H24F9N5O2. The van der Waals surface area contributed by atoms with Gasteiger partial charge in [0.1, 0.15) is 5.75 Å². The molecule has 1 unspecified atom stereocenters. The number of hydrogen-bond acceptors (Lipinski definition) is 6. The van der Waals surface area contributed by atoms with Crippen LogP contribution in [0.4, 0.5) is 45.5 Å². The molecule has 1 aliphatic rings. The first-order valence-corrected chi connectivity index (χ1v) is 12.4. The number of ether oxygens (including phenoxy) is 2. The first kappa shape index (κ1) is 31.8. The second kappa shape index (κ2) is 11.5. The molecule has 0 N–H and O–H groups in total. The fourth-order valence-electron chi connectivity index (χ4n) is 4.71. The van der Waals surface area contributed by atoms with Crippen LogP contribution in [0.5, 0.6) is 5.75 Å². The van der Waals surface area contributed by atoms with E-state index in [1.54, 1.807) is 24.3 Å². The highest BCUT2D eigenvalue weighted by molar-refractivity contribution is 5.82. The van der Waals surface area contributed by atoms with Gasteiger partial charge in [-0.3, -0.25) is 0 Å². The number of rotatable bonds is 8. The molecule has 1 atom stereocenters. The normalized spacial score (nSPS) is 17.9. The van der Waals surface area contributed by atoms with Crippen LogP contribution in [-0.4, -0.2) is 52.7 Å². The smallest absolute Gasteiger partial charge is 0.421 e. The van der Waals surface area contributed by atoms with Gasteiger partial charge in [-0.2, -0.15) is 44.3 Å². The van der Waals surface area contributed by atoms with Gasteiger partial charge < -0.3 is 14.4 Å². The topological polar surface area (TPSA) is 65.3 Å². The van der Waals surface area contributed by atoms with Crippen LogP contribution in [0.2, 0.25) is 0 Å². The first-order valence-electron chi connectivity index (χ1n) is 12.4. The summed E-state index contributed by atoms with van der Waals surface area (Å²) in [5.74, 6) is 0.0679. The Morgan fingerprint density at radius 1 is 0.907 bits per heavy atom. The molecule has 3 aromatic rings. The number of hydrogen-bond donors (Lipinski definition) is 0. The minimum absolute atomic E-state index is 0.0150. The van der Waals surface area contributed by atoms with Crippen molar-refractivity contribution in [2.45, 2.75) is 37.1 Å². The van der Waals surface area contributed by atoms with E-state index in [0.29, 0.717) is 23.4 Å². The zero-order valence-corrected chi connectivity index (χ0v) is 22.8. The molecule has 1 aromatic heterocycles. The van der Waals surface area contributed by atoms with Crippen LogP contribution >= 0.6 is 0 Å². The van der Waals surface area contributed by atoms with E-state index in [2.05, 4.69) is 15.4 Å². The molecule has 232 valence electrons. The highest BCUT2D eigenvalue weighted by Gasteiger charge is 2.55. The van der Waals surface area contributed by atoms with Crippen molar-refractivity contribution >= 4 is 11.5 Å². The molecule has 1 heterocycles. The molecule has 16 heteroatoms. The van der Waals surface area contributed by atoms with Gasteiger partial charge >= 0.3 is 18.5 Å². The van der Waals surface area contributed by atoms with Crippen molar-refractivity contribution in [2.75, 3.05) is 25.7 Å². The monoisotopic (exact) mass is 621 g/mol. The van der Waals surface area contributed by atoms with E-state index >= 15 is 0 Å². The maximum Gasteiger partial charge on any atom is 0.421 e. The number of alkyl halides is 9. The van der Waals surface area contributed by atoms with E-state index in [4.69, 9.17) is 9.47 Å². The minimum atomic E-state index is -5.11. The molecule has 0 radical (unpaired) electrons. The number of aromatic nitrogens is 4. The summed E-state index contributed by atoms with van der Waals surface area (Å²) in [6.07, 6.45) is -13.8. The Morgan fingerprint density at radius 2 is 1.53 bits per heavy atom. The number of anilines is 1. The average molecular weight is 622 g/mol. The van der Waals surface area contributed by atoms with Crippen LogP contribution in [-0.2, 0) is 30.7 Å². The van der Waals surface area contributed by atoms with Crippen molar-refractivity contribution in [3.63, 3.8) is 0 Å². The highest BCUT2D eigenvalue weighted by atomic mass is 19.4. The van der Waals surface area contributed by atoms with Gasteiger partial charge in [0, 0.05) is 32.2 Å². The van der Waals surface area contributed by atoms with Crippen LogP contribution in [0.1, 0.15) is 28.7 Å². The number of nitrogens with zero attached hydrogens (tertiary/aromatic N) is 5. The van der Waals surface area contributed by atoms with E-state index in [9.17, 15) is 39.5 Å². The summed E-state index contributed by atoms with van der Waals surface area (Å²) in [6.45, 7) is -1.10. The molecule has 2 aromatic carbocycles. The third-order valence-corrected chi connectivity index (χ3v) is 6.80. The van der Waals surface area contributed by atoms with E-state index in [1.807, 2.05) is 0 Å². The molecule has 0 bridgehead atoms. The maximum absolute atomic E-state index is 14.3. The molecular weight excluding hydrogens is 597 g/mol. The molecule has 0 saturated carbocycles. The molecule has 0 amide bonds. The van der Waals surface area contributed by atoms with Crippen molar-refractivity contribution in [1.29, 1.82) is 0 Å². The van der Waals surface area contributed by atoms with Gasteiger partial charge in [-0.05, 0) is 52.3 Å². The molecule has 0 saturated heterocycles. The second-order valence-corrected chi connectivity index (χ2v) is 9.67. The lowest BCUT2D eigenvalue weighted by Crippen LogP contribution is -2.47. The number of para-hydroxylation sites is 1. The fraction of sp³-hybridized carbons (Fsp3) is 0.370. The number of tetrazole rings is 1. The average Bonchev–Trinajstić information content (AvgIpc) is 3.37. The Morgan fingerprint density at radius 3 is 2.05 bits per heavy atom. The van der Waals surface area contributed by atoms with Gasteiger partial charge in [-0.1, -0.05) is 29.4 Å². The lowest BCUT2D eigenvalue weighted by Gasteiger charge is -2.37. The van der Waals surface area contributed by atoms with Gasteiger partial charge in [0.2, 0.25) is 0 Å². The van der Waals surface area contributed by atoms with Gasteiger partial charge in [-0.25, -0.2) is 0 Å². The maximum atomic E-state index is 14.3. The van der Waals surface area contributed by atoms with Crippen LogP contribution in [0, 0.1) is 0 Å². The van der Waals surface area contributed by atoms with Gasteiger partial charge in [-0.15, -0.1) is 5.10 Å². The summed E-state index contributed by atoms with van der Waals surface area (Å²) in [6, 6.07) is 7.50. The predicted molar refractivity (Wildman–Crippen MR) is 136 cm³/mol. The summed E-state index contributed by atoms with van der Waals surface area (Å²) in [7, 11) is 3.61.